The highest BCUT2D eigenvalue weighted by Crippen LogP contribution is 2.45. The van der Waals surface area contributed by atoms with Crippen molar-refractivity contribution in [1.29, 1.82) is 0 Å². The van der Waals surface area contributed by atoms with Crippen molar-refractivity contribution in [3.05, 3.63) is 52.2 Å². The van der Waals surface area contributed by atoms with Crippen molar-refractivity contribution in [2.75, 3.05) is 20.8 Å². The molecule has 0 amide bonds. The maximum Gasteiger partial charge on any atom is 0.338 e. The zero-order valence-electron chi connectivity index (χ0n) is 16.2. The molecule has 0 radical (unpaired) electrons. The number of aliphatic imine (C=N–C) groups is 1. The molecule has 0 aromatic heterocycles. The third-order valence-corrected chi connectivity index (χ3v) is 5.36. The van der Waals surface area contributed by atoms with E-state index in [0.717, 1.165) is 11.3 Å². The van der Waals surface area contributed by atoms with Gasteiger partial charge in [-0.1, -0.05) is 23.9 Å². The Bertz CT molecular complexity index is 873. The lowest BCUT2D eigenvalue weighted by Crippen LogP contribution is -2.37. The maximum atomic E-state index is 12.6. The number of esters is 2. The molecule has 0 N–H and O–H groups in total. The van der Waals surface area contributed by atoms with Crippen LogP contribution in [-0.2, 0) is 19.1 Å². The van der Waals surface area contributed by atoms with Crippen LogP contribution < -0.4 is 4.74 Å². The number of carbonyl (C=O) groups excluding carboxylic acids is 2. The highest BCUT2D eigenvalue weighted by molar-refractivity contribution is 8.16. The van der Waals surface area contributed by atoms with E-state index in [4.69, 9.17) is 14.2 Å². The van der Waals surface area contributed by atoms with Crippen LogP contribution in [0.5, 0.6) is 5.75 Å². The Morgan fingerprint density at radius 1 is 1.21 bits per heavy atom. The largest absolute Gasteiger partial charge is 0.497 e. The summed E-state index contributed by atoms with van der Waals surface area (Å²) in [7, 11) is 2.95. The van der Waals surface area contributed by atoms with E-state index in [1.807, 2.05) is 34.6 Å². The van der Waals surface area contributed by atoms with Crippen molar-refractivity contribution >= 4 is 28.9 Å². The Balaban J connectivity index is 2.05. The molecule has 0 fully saturated rings. The van der Waals surface area contributed by atoms with Crippen LogP contribution in [0.2, 0.25) is 0 Å². The van der Waals surface area contributed by atoms with Crippen LogP contribution in [-0.4, -0.2) is 42.8 Å². The number of fused-ring (bicyclic) bond motifs is 1. The Morgan fingerprint density at radius 2 is 1.93 bits per heavy atom. The van der Waals surface area contributed by atoms with Crippen molar-refractivity contribution in [3.8, 4) is 5.75 Å². The van der Waals surface area contributed by atoms with Crippen LogP contribution in [0.25, 0.3) is 0 Å². The van der Waals surface area contributed by atoms with Crippen LogP contribution >= 0.6 is 11.8 Å². The predicted molar refractivity (Wildman–Crippen MR) is 107 cm³/mol. The number of ether oxygens (including phenoxy) is 3. The van der Waals surface area contributed by atoms with Crippen LogP contribution in [0, 0.1) is 0 Å². The van der Waals surface area contributed by atoms with Gasteiger partial charge in [-0.15, -0.1) is 0 Å². The Hall–Kier alpha value is -2.74. The van der Waals surface area contributed by atoms with Gasteiger partial charge >= 0.3 is 11.9 Å². The number of carbonyl (C=O) groups is 2. The average molecular weight is 402 g/mol. The van der Waals surface area contributed by atoms with Gasteiger partial charge in [-0.25, -0.2) is 9.79 Å². The Labute approximate surface area is 168 Å². The summed E-state index contributed by atoms with van der Waals surface area (Å²) < 4.78 is 15.4. The Morgan fingerprint density at radius 3 is 2.54 bits per heavy atom. The van der Waals surface area contributed by atoms with Gasteiger partial charge < -0.3 is 19.1 Å². The molecular formula is C20H22N2O5S. The lowest BCUT2D eigenvalue weighted by atomic mass is 9.94. The molecule has 2 heterocycles. The standard InChI is InChI=1S/C20H22N2O5S/c1-5-27-16(23)10-14-11-28-20-21-12(2)17(19(24)26-4)18(22(14)20)13-6-8-15(25-3)9-7-13/h6-9,11,18H,5,10H2,1-4H3/t18-/m1/s1. The normalized spacial score (nSPS) is 18.3. The molecule has 0 saturated carbocycles. The summed E-state index contributed by atoms with van der Waals surface area (Å²) in [6.07, 6.45) is 0.0972. The van der Waals surface area contributed by atoms with Gasteiger partial charge in [0.05, 0.1) is 44.6 Å². The van der Waals surface area contributed by atoms with Crippen molar-refractivity contribution in [1.82, 2.24) is 4.90 Å². The minimum absolute atomic E-state index is 0.0972. The van der Waals surface area contributed by atoms with Gasteiger partial charge in [-0.05, 0) is 37.0 Å². The van der Waals surface area contributed by atoms with E-state index in [9.17, 15) is 9.59 Å². The Kier molecular flexibility index (Phi) is 6.08. The molecule has 1 atom stereocenters. The fourth-order valence-electron chi connectivity index (χ4n) is 3.20. The van der Waals surface area contributed by atoms with Gasteiger partial charge in [0.1, 0.15) is 5.75 Å². The van der Waals surface area contributed by atoms with E-state index in [1.54, 1.807) is 21.0 Å². The number of methoxy groups -OCH3 is 2. The first-order chi connectivity index (χ1) is 13.5. The lowest BCUT2D eigenvalue weighted by molar-refractivity contribution is -0.142. The molecule has 1 aromatic carbocycles. The van der Waals surface area contributed by atoms with E-state index in [0.29, 0.717) is 28.8 Å². The monoisotopic (exact) mass is 402 g/mol. The first-order valence-electron chi connectivity index (χ1n) is 8.82. The molecule has 2 aliphatic heterocycles. The molecule has 2 aliphatic rings. The first-order valence-corrected chi connectivity index (χ1v) is 9.70. The molecule has 148 valence electrons. The van der Waals surface area contributed by atoms with Gasteiger partial charge in [0.2, 0.25) is 0 Å². The van der Waals surface area contributed by atoms with Crippen LogP contribution in [0.4, 0.5) is 0 Å². The van der Waals surface area contributed by atoms with Gasteiger partial charge in [0.25, 0.3) is 0 Å². The van der Waals surface area contributed by atoms with E-state index >= 15 is 0 Å². The minimum atomic E-state index is -0.457. The summed E-state index contributed by atoms with van der Waals surface area (Å²) in [6.45, 7) is 3.87. The van der Waals surface area contributed by atoms with E-state index in [2.05, 4.69) is 4.99 Å². The quantitative estimate of drug-likeness (QED) is 0.675. The minimum Gasteiger partial charge on any atom is -0.497 e. The second-order valence-corrected chi connectivity index (χ2v) is 6.98. The predicted octanol–water partition coefficient (Wildman–Crippen LogP) is 3.40. The van der Waals surface area contributed by atoms with E-state index in [-0.39, 0.29) is 12.4 Å². The molecule has 1 aromatic rings. The van der Waals surface area contributed by atoms with Crippen molar-refractivity contribution in [2.24, 2.45) is 4.99 Å². The summed E-state index contributed by atoms with van der Waals surface area (Å²) in [6, 6.07) is 7.01. The summed E-state index contributed by atoms with van der Waals surface area (Å²) >= 11 is 1.42. The smallest absolute Gasteiger partial charge is 0.338 e. The molecular weight excluding hydrogens is 380 g/mol. The number of nitrogens with zero attached hydrogens (tertiary/aromatic N) is 2. The van der Waals surface area contributed by atoms with E-state index in [1.165, 1.54) is 18.9 Å². The fourth-order valence-corrected chi connectivity index (χ4v) is 4.17. The number of allylic oxidation sites excluding steroid dienone is 1. The molecule has 0 bridgehead atoms. The number of hydrogen-bond donors (Lipinski definition) is 0. The van der Waals surface area contributed by atoms with Crippen molar-refractivity contribution < 1.29 is 23.8 Å². The molecule has 0 unspecified atom stereocenters. The van der Waals surface area contributed by atoms with Crippen LogP contribution in [0.15, 0.2) is 51.6 Å². The number of amidine groups is 1. The molecule has 7 nitrogen and oxygen atoms in total. The number of thioether (sulfide) groups is 1. The third kappa shape index (κ3) is 3.77. The SMILES string of the molecule is CCOC(=O)CC1=CSC2=NC(C)=C(C(=O)OC)[C@@H](c3ccc(OC)cc3)N12. The van der Waals surface area contributed by atoms with Crippen molar-refractivity contribution in [2.45, 2.75) is 26.3 Å². The van der Waals surface area contributed by atoms with Gasteiger partial charge in [0.15, 0.2) is 5.17 Å². The van der Waals surface area contributed by atoms with Gasteiger partial charge in [-0.3, -0.25) is 4.79 Å². The van der Waals surface area contributed by atoms with Crippen LogP contribution in [0.1, 0.15) is 31.9 Å². The topological polar surface area (TPSA) is 77.4 Å². The lowest BCUT2D eigenvalue weighted by Gasteiger charge is -2.36. The molecule has 28 heavy (non-hydrogen) atoms. The second kappa shape index (κ2) is 8.52. The highest BCUT2D eigenvalue weighted by atomic mass is 32.2. The molecule has 0 saturated heterocycles. The van der Waals surface area contributed by atoms with Gasteiger partial charge in [0, 0.05) is 5.70 Å². The number of hydrogen-bond acceptors (Lipinski definition) is 8. The van der Waals surface area contributed by atoms with Crippen LogP contribution in [0.3, 0.4) is 0 Å². The summed E-state index contributed by atoms with van der Waals surface area (Å²) in [5, 5.41) is 2.59. The average Bonchev–Trinajstić information content (AvgIpc) is 3.08. The third-order valence-electron chi connectivity index (χ3n) is 4.47. The number of rotatable bonds is 6. The summed E-state index contributed by atoms with van der Waals surface area (Å²) in [4.78, 5) is 31.1. The fraction of sp³-hybridized carbons (Fsp3) is 0.350. The zero-order chi connectivity index (χ0) is 20.3. The number of benzene rings is 1. The molecule has 0 spiro atoms. The van der Waals surface area contributed by atoms with E-state index < -0.39 is 12.0 Å². The first kappa shape index (κ1) is 20.0. The second-order valence-electron chi connectivity index (χ2n) is 6.14. The molecule has 3 rings (SSSR count). The highest BCUT2D eigenvalue weighted by Gasteiger charge is 2.41. The molecule has 8 heteroatoms. The van der Waals surface area contributed by atoms with Crippen molar-refractivity contribution in [3.63, 3.8) is 0 Å². The molecule has 0 aliphatic carbocycles. The maximum absolute atomic E-state index is 12.6. The summed E-state index contributed by atoms with van der Waals surface area (Å²) in [5.74, 6) is -0.0599. The zero-order valence-corrected chi connectivity index (χ0v) is 17.0. The van der Waals surface area contributed by atoms with Gasteiger partial charge in [-0.2, -0.15) is 0 Å². The summed E-state index contributed by atoms with van der Waals surface area (Å²) in [5.41, 5.74) is 2.63.